The largest absolute Gasteiger partial charge is 0.438 e. The number of hydrogen-bond donors (Lipinski definition) is 1. The maximum atomic E-state index is 8.70. The van der Waals surface area contributed by atoms with E-state index in [4.69, 9.17) is 10.00 Å². The van der Waals surface area contributed by atoms with Gasteiger partial charge in [0.25, 0.3) is 0 Å². The monoisotopic (exact) mass is 304 g/mol. The van der Waals surface area contributed by atoms with Gasteiger partial charge in [-0.25, -0.2) is 9.97 Å². The first kappa shape index (κ1) is 12.3. The lowest BCUT2D eigenvalue weighted by molar-refractivity contribution is 0.458. The molecule has 90 valence electrons. The molecule has 1 N–H and O–H groups in total. The van der Waals surface area contributed by atoms with E-state index < -0.39 is 0 Å². The Morgan fingerprint density at radius 3 is 2.61 bits per heavy atom. The van der Waals surface area contributed by atoms with Gasteiger partial charge in [0.05, 0.1) is 11.6 Å². The molecule has 6 heteroatoms. The molecule has 5 nitrogen and oxygen atoms in total. The summed E-state index contributed by atoms with van der Waals surface area (Å²) in [5.41, 5.74) is 0.583. The zero-order valence-electron chi connectivity index (χ0n) is 9.51. The van der Waals surface area contributed by atoms with E-state index in [-0.39, 0.29) is 0 Å². The highest BCUT2D eigenvalue weighted by atomic mass is 79.9. The van der Waals surface area contributed by atoms with Crippen molar-refractivity contribution in [1.82, 2.24) is 9.97 Å². The standard InChI is InChI=1S/C12H9BrN4O/c1-15-11-10(13)12(17-7-16-11)18-9-4-2-8(6-14)3-5-9/h2-5,7H,1H3,(H,15,16,17). The highest BCUT2D eigenvalue weighted by Crippen LogP contribution is 2.31. The molecule has 2 aromatic rings. The van der Waals surface area contributed by atoms with E-state index >= 15 is 0 Å². The van der Waals surface area contributed by atoms with E-state index in [0.717, 1.165) is 0 Å². The third-order valence-electron chi connectivity index (χ3n) is 2.19. The first-order valence-electron chi connectivity index (χ1n) is 5.11. The van der Waals surface area contributed by atoms with Crippen molar-refractivity contribution in [3.8, 4) is 17.7 Å². The van der Waals surface area contributed by atoms with Crippen molar-refractivity contribution in [2.45, 2.75) is 0 Å². The molecule has 0 aliphatic rings. The fraction of sp³-hybridized carbons (Fsp3) is 0.0833. The number of nitriles is 1. The molecule has 2 rings (SSSR count). The Labute approximate surface area is 113 Å². The summed E-state index contributed by atoms with van der Waals surface area (Å²) in [6.45, 7) is 0. The molecule has 0 amide bonds. The number of benzene rings is 1. The summed E-state index contributed by atoms with van der Waals surface area (Å²) in [6.07, 6.45) is 1.41. The van der Waals surface area contributed by atoms with Crippen LogP contribution in [0.1, 0.15) is 5.56 Å². The van der Waals surface area contributed by atoms with E-state index in [9.17, 15) is 0 Å². The number of hydrogen-bond acceptors (Lipinski definition) is 5. The Hall–Kier alpha value is -2.13. The molecule has 1 aromatic heterocycles. The summed E-state index contributed by atoms with van der Waals surface area (Å²) in [5, 5.41) is 11.6. The quantitative estimate of drug-likeness (QED) is 0.944. The van der Waals surface area contributed by atoms with Gasteiger partial charge in [0.1, 0.15) is 22.4 Å². The average Bonchev–Trinajstić information content (AvgIpc) is 2.42. The lowest BCUT2D eigenvalue weighted by Crippen LogP contribution is -1.97. The first-order valence-corrected chi connectivity index (χ1v) is 5.90. The fourth-order valence-electron chi connectivity index (χ4n) is 1.31. The van der Waals surface area contributed by atoms with Gasteiger partial charge in [-0.05, 0) is 40.2 Å². The summed E-state index contributed by atoms with van der Waals surface area (Å²) < 4.78 is 6.25. The van der Waals surface area contributed by atoms with Gasteiger partial charge in [0, 0.05) is 7.05 Å². The van der Waals surface area contributed by atoms with E-state index in [2.05, 4.69) is 31.2 Å². The SMILES string of the molecule is CNc1ncnc(Oc2ccc(C#N)cc2)c1Br. The molecule has 0 radical (unpaired) electrons. The fourth-order valence-corrected chi connectivity index (χ4v) is 1.79. The van der Waals surface area contributed by atoms with Gasteiger partial charge in [-0.2, -0.15) is 5.26 Å². The van der Waals surface area contributed by atoms with Crippen molar-refractivity contribution < 1.29 is 4.74 Å². The van der Waals surface area contributed by atoms with Gasteiger partial charge >= 0.3 is 0 Å². The molecule has 0 unspecified atom stereocenters. The molecule has 0 atom stereocenters. The molecule has 0 spiro atoms. The summed E-state index contributed by atoms with van der Waals surface area (Å²) in [4.78, 5) is 8.07. The second-order valence-corrected chi connectivity index (χ2v) is 4.12. The Morgan fingerprint density at radius 2 is 2.00 bits per heavy atom. The zero-order chi connectivity index (χ0) is 13.0. The van der Waals surface area contributed by atoms with Gasteiger partial charge in [0.2, 0.25) is 5.88 Å². The van der Waals surface area contributed by atoms with Gasteiger partial charge in [-0.1, -0.05) is 0 Å². The minimum absolute atomic E-state index is 0.416. The smallest absolute Gasteiger partial charge is 0.238 e. The van der Waals surface area contributed by atoms with Crippen molar-refractivity contribution in [2.24, 2.45) is 0 Å². The number of nitrogens with one attached hydrogen (secondary N) is 1. The van der Waals surface area contributed by atoms with Crippen LogP contribution in [0.2, 0.25) is 0 Å². The molecule has 1 heterocycles. The van der Waals surface area contributed by atoms with Crippen LogP contribution < -0.4 is 10.1 Å². The second kappa shape index (κ2) is 5.47. The molecule has 18 heavy (non-hydrogen) atoms. The maximum Gasteiger partial charge on any atom is 0.238 e. The third-order valence-corrected chi connectivity index (χ3v) is 2.91. The van der Waals surface area contributed by atoms with Crippen LogP contribution >= 0.6 is 15.9 Å². The number of aromatic nitrogens is 2. The first-order chi connectivity index (χ1) is 8.74. The Kier molecular flexibility index (Phi) is 3.75. The minimum Gasteiger partial charge on any atom is -0.438 e. The lowest BCUT2D eigenvalue weighted by Gasteiger charge is -2.08. The van der Waals surface area contributed by atoms with Crippen molar-refractivity contribution in [1.29, 1.82) is 5.26 Å². The number of rotatable bonds is 3. The predicted molar refractivity (Wildman–Crippen MR) is 70.5 cm³/mol. The topological polar surface area (TPSA) is 70.8 Å². The maximum absolute atomic E-state index is 8.70. The molecule has 1 aromatic carbocycles. The highest BCUT2D eigenvalue weighted by molar-refractivity contribution is 9.10. The highest BCUT2D eigenvalue weighted by Gasteiger charge is 2.09. The third kappa shape index (κ3) is 2.57. The van der Waals surface area contributed by atoms with Crippen LogP contribution in [0.4, 0.5) is 5.82 Å². The summed E-state index contributed by atoms with van der Waals surface area (Å²) >= 11 is 3.36. The molecule has 0 aliphatic carbocycles. The van der Waals surface area contributed by atoms with Crippen molar-refractivity contribution in [3.05, 3.63) is 40.6 Å². The number of halogens is 1. The van der Waals surface area contributed by atoms with Gasteiger partial charge in [-0.15, -0.1) is 0 Å². The number of ether oxygens (including phenoxy) is 1. The van der Waals surface area contributed by atoms with E-state index in [1.165, 1.54) is 6.33 Å². The summed E-state index contributed by atoms with van der Waals surface area (Å²) in [6, 6.07) is 8.84. The molecular weight excluding hydrogens is 296 g/mol. The molecule has 0 saturated carbocycles. The van der Waals surface area contributed by atoms with Crippen LogP contribution in [-0.2, 0) is 0 Å². The number of anilines is 1. The van der Waals surface area contributed by atoms with Crippen LogP contribution in [0.15, 0.2) is 35.1 Å². The van der Waals surface area contributed by atoms with Crippen molar-refractivity contribution in [2.75, 3.05) is 12.4 Å². The second-order valence-electron chi connectivity index (χ2n) is 3.33. The summed E-state index contributed by atoms with van der Waals surface area (Å²) in [7, 11) is 1.76. The van der Waals surface area contributed by atoms with Gasteiger partial charge in [0.15, 0.2) is 0 Å². The molecule has 0 fully saturated rings. The zero-order valence-corrected chi connectivity index (χ0v) is 11.1. The van der Waals surface area contributed by atoms with Crippen LogP contribution in [0.5, 0.6) is 11.6 Å². The molecule has 0 bridgehead atoms. The number of nitrogens with zero attached hydrogens (tertiary/aromatic N) is 3. The predicted octanol–water partition coefficient (Wildman–Crippen LogP) is 2.94. The van der Waals surface area contributed by atoms with E-state index in [1.54, 1.807) is 31.3 Å². The van der Waals surface area contributed by atoms with Crippen molar-refractivity contribution >= 4 is 21.7 Å². The van der Waals surface area contributed by atoms with Crippen LogP contribution in [0.3, 0.4) is 0 Å². The molecular formula is C12H9BrN4O. The average molecular weight is 305 g/mol. The normalized spacial score (nSPS) is 9.61. The molecule has 0 aliphatic heterocycles. The van der Waals surface area contributed by atoms with Crippen LogP contribution in [0, 0.1) is 11.3 Å². The van der Waals surface area contributed by atoms with E-state index in [1.807, 2.05) is 6.07 Å². The van der Waals surface area contributed by atoms with Crippen molar-refractivity contribution in [3.63, 3.8) is 0 Å². The Bertz CT molecular complexity index is 592. The Morgan fingerprint density at radius 1 is 1.28 bits per heavy atom. The van der Waals surface area contributed by atoms with Crippen LogP contribution in [-0.4, -0.2) is 17.0 Å². The summed E-state index contributed by atoms with van der Waals surface area (Å²) in [5.74, 6) is 1.67. The molecule has 0 saturated heterocycles. The van der Waals surface area contributed by atoms with Gasteiger partial charge in [-0.3, -0.25) is 0 Å². The van der Waals surface area contributed by atoms with Crippen LogP contribution in [0.25, 0.3) is 0 Å². The minimum atomic E-state index is 0.416. The van der Waals surface area contributed by atoms with E-state index in [0.29, 0.717) is 27.5 Å². The van der Waals surface area contributed by atoms with Gasteiger partial charge < -0.3 is 10.1 Å². The lowest BCUT2D eigenvalue weighted by atomic mass is 10.2. The Balaban J connectivity index is 2.26.